The quantitative estimate of drug-likeness (QED) is 0.744. The Labute approximate surface area is 146 Å². The number of hydrogen-bond donors (Lipinski definition) is 3. The van der Waals surface area contributed by atoms with E-state index in [1.807, 2.05) is 31.2 Å². The third-order valence-electron chi connectivity index (χ3n) is 3.95. The Morgan fingerprint density at radius 1 is 1.25 bits per heavy atom. The third-order valence-corrected chi connectivity index (χ3v) is 4.44. The summed E-state index contributed by atoms with van der Waals surface area (Å²) in [4.78, 5) is 39.0. The van der Waals surface area contributed by atoms with Crippen LogP contribution in [0.1, 0.15) is 36.9 Å². The van der Waals surface area contributed by atoms with Gasteiger partial charge in [0.2, 0.25) is 0 Å². The van der Waals surface area contributed by atoms with Gasteiger partial charge in [0.05, 0.1) is 11.6 Å². The molecular weight excluding hydrogens is 376 g/mol. The van der Waals surface area contributed by atoms with Gasteiger partial charge in [0, 0.05) is 11.0 Å². The van der Waals surface area contributed by atoms with Crippen LogP contribution in [-0.4, -0.2) is 15.6 Å². The number of amides is 2. The predicted molar refractivity (Wildman–Crippen MR) is 94.4 cm³/mol. The highest BCUT2D eigenvalue weighted by molar-refractivity contribution is 9.10. The lowest BCUT2D eigenvalue weighted by Crippen LogP contribution is -2.46. The second-order valence-corrected chi connectivity index (χ2v) is 6.53. The molecule has 0 fully saturated rings. The molecule has 3 rings (SSSR count). The van der Waals surface area contributed by atoms with Gasteiger partial charge >= 0.3 is 11.7 Å². The van der Waals surface area contributed by atoms with Crippen LogP contribution in [0.3, 0.4) is 0 Å². The molecule has 2 heterocycles. The molecule has 0 saturated carbocycles. The van der Waals surface area contributed by atoms with Gasteiger partial charge in [-0.15, -0.1) is 0 Å². The molecule has 24 heavy (non-hydrogen) atoms. The lowest BCUT2D eigenvalue weighted by atomic mass is 9.98. The van der Waals surface area contributed by atoms with Crippen molar-refractivity contribution in [1.82, 2.24) is 14.9 Å². The van der Waals surface area contributed by atoms with E-state index in [9.17, 15) is 14.4 Å². The van der Waals surface area contributed by atoms with Gasteiger partial charge in [-0.2, -0.15) is 0 Å². The van der Waals surface area contributed by atoms with E-state index in [2.05, 4.69) is 31.5 Å². The van der Waals surface area contributed by atoms with Crippen molar-refractivity contribution in [3.63, 3.8) is 0 Å². The zero-order valence-corrected chi connectivity index (χ0v) is 14.6. The van der Waals surface area contributed by atoms with Crippen LogP contribution in [0.15, 0.2) is 38.3 Å². The Bertz CT molecular complexity index is 903. The van der Waals surface area contributed by atoms with Crippen LogP contribution >= 0.6 is 15.9 Å². The van der Waals surface area contributed by atoms with Gasteiger partial charge in [0.15, 0.2) is 0 Å². The highest BCUT2D eigenvalue weighted by Crippen LogP contribution is 2.29. The number of benzene rings is 1. The Morgan fingerprint density at radius 3 is 2.75 bits per heavy atom. The molecule has 0 spiro atoms. The minimum Gasteiger partial charge on any atom is -0.327 e. The predicted octanol–water partition coefficient (Wildman–Crippen LogP) is 2.32. The number of aromatic amines is 1. The fourth-order valence-corrected chi connectivity index (χ4v) is 3.22. The van der Waals surface area contributed by atoms with Crippen LogP contribution in [0, 0.1) is 0 Å². The average molecular weight is 393 g/mol. The SMILES string of the molecule is CCCCn1c2c(c(=O)[nH]c1=O)C(c1cccc(Br)c1)NC(=O)N2. The van der Waals surface area contributed by atoms with E-state index in [1.54, 1.807) is 0 Å². The lowest BCUT2D eigenvalue weighted by Gasteiger charge is -2.28. The largest absolute Gasteiger partial charge is 0.329 e. The van der Waals surface area contributed by atoms with Crippen LogP contribution in [-0.2, 0) is 6.54 Å². The summed E-state index contributed by atoms with van der Waals surface area (Å²) in [6.07, 6.45) is 1.66. The van der Waals surface area contributed by atoms with Crippen LogP contribution in [0.25, 0.3) is 0 Å². The molecule has 3 N–H and O–H groups in total. The molecule has 0 saturated heterocycles. The van der Waals surface area contributed by atoms with E-state index in [4.69, 9.17) is 0 Å². The monoisotopic (exact) mass is 392 g/mol. The number of nitrogens with one attached hydrogen (secondary N) is 3. The van der Waals surface area contributed by atoms with Crippen LogP contribution < -0.4 is 21.9 Å². The van der Waals surface area contributed by atoms with Crippen LogP contribution in [0.4, 0.5) is 10.6 Å². The number of hydrogen-bond acceptors (Lipinski definition) is 3. The number of unbranched alkanes of at least 4 members (excludes halogenated alkanes) is 1. The first-order valence-electron chi connectivity index (χ1n) is 7.71. The van der Waals surface area contributed by atoms with Crippen LogP contribution in [0.2, 0.25) is 0 Å². The standard InChI is InChI=1S/C16H17BrN4O3/c1-2-3-7-21-13-11(14(22)20-16(21)24)12(18-15(23)19-13)9-5-4-6-10(17)8-9/h4-6,8,12H,2-3,7H2,1H3,(H2,18,19,23)(H,20,22,24). The minimum absolute atomic E-state index is 0.269. The molecule has 1 unspecified atom stereocenters. The maximum Gasteiger partial charge on any atom is 0.329 e. The summed E-state index contributed by atoms with van der Waals surface area (Å²) in [6, 6.07) is 6.28. The van der Waals surface area contributed by atoms with E-state index in [1.165, 1.54) is 4.57 Å². The van der Waals surface area contributed by atoms with Gasteiger partial charge in [-0.1, -0.05) is 41.4 Å². The summed E-state index contributed by atoms with van der Waals surface area (Å²) < 4.78 is 2.26. The number of nitrogens with zero attached hydrogens (tertiary/aromatic N) is 1. The Balaban J connectivity index is 2.20. The molecule has 0 radical (unpaired) electrons. The molecule has 1 atom stereocenters. The second-order valence-electron chi connectivity index (χ2n) is 5.61. The van der Waals surface area contributed by atoms with E-state index in [0.717, 1.165) is 22.9 Å². The Hall–Kier alpha value is -2.35. The molecule has 2 amide bonds. The topological polar surface area (TPSA) is 96.0 Å². The molecular formula is C16H17BrN4O3. The number of H-pyrrole nitrogens is 1. The van der Waals surface area contributed by atoms with E-state index in [0.29, 0.717) is 12.1 Å². The van der Waals surface area contributed by atoms with Gasteiger partial charge in [-0.3, -0.25) is 19.7 Å². The first-order valence-corrected chi connectivity index (χ1v) is 8.50. The molecule has 126 valence electrons. The number of fused-ring (bicyclic) bond motifs is 1. The van der Waals surface area contributed by atoms with E-state index in [-0.39, 0.29) is 5.82 Å². The highest BCUT2D eigenvalue weighted by Gasteiger charge is 2.31. The Morgan fingerprint density at radius 2 is 2.04 bits per heavy atom. The fourth-order valence-electron chi connectivity index (χ4n) is 2.80. The number of carbonyl (C=O) groups is 1. The number of carbonyl (C=O) groups excluding carboxylic acids is 1. The minimum atomic E-state index is -0.622. The smallest absolute Gasteiger partial charge is 0.327 e. The average Bonchev–Trinajstić information content (AvgIpc) is 2.53. The molecule has 1 aliphatic heterocycles. The van der Waals surface area contributed by atoms with Crippen LogP contribution in [0.5, 0.6) is 0 Å². The molecule has 0 aliphatic carbocycles. The van der Waals surface area contributed by atoms with Gasteiger partial charge < -0.3 is 5.32 Å². The normalized spacial score (nSPS) is 16.2. The maximum atomic E-state index is 12.4. The molecule has 1 aromatic heterocycles. The fraction of sp³-hybridized carbons (Fsp3) is 0.312. The summed E-state index contributed by atoms with van der Waals surface area (Å²) in [5.74, 6) is 0.269. The molecule has 7 nitrogen and oxygen atoms in total. The van der Waals surface area contributed by atoms with E-state index < -0.39 is 23.3 Å². The van der Waals surface area contributed by atoms with Crippen molar-refractivity contribution in [2.24, 2.45) is 0 Å². The second kappa shape index (κ2) is 6.64. The first-order chi connectivity index (χ1) is 11.5. The first kappa shape index (κ1) is 16.5. The number of rotatable bonds is 4. The summed E-state index contributed by atoms with van der Waals surface area (Å²) >= 11 is 3.39. The molecule has 8 heteroatoms. The lowest BCUT2D eigenvalue weighted by molar-refractivity contribution is 0.248. The number of aromatic nitrogens is 2. The number of halogens is 1. The summed E-state index contributed by atoms with van der Waals surface area (Å²) in [5.41, 5.74) is 0.0812. The van der Waals surface area contributed by atoms with Crippen molar-refractivity contribution < 1.29 is 4.79 Å². The summed E-state index contributed by atoms with van der Waals surface area (Å²) in [6.45, 7) is 2.44. The van der Waals surface area contributed by atoms with Gasteiger partial charge in [0.1, 0.15) is 5.82 Å². The molecule has 0 bridgehead atoms. The van der Waals surface area contributed by atoms with Crippen molar-refractivity contribution in [2.75, 3.05) is 5.32 Å². The van der Waals surface area contributed by atoms with Crippen molar-refractivity contribution in [2.45, 2.75) is 32.4 Å². The van der Waals surface area contributed by atoms with Gasteiger partial charge in [-0.25, -0.2) is 9.59 Å². The summed E-state index contributed by atoms with van der Waals surface area (Å²) in [7, 11) is 0. The van der Waals surface area contributed by atoms with Crippen molar-refractivity contribution in [3.8, 4) is 0 Å². The van der Waals surface area contributed by atoms with Gasteiger partial charge in [0.25, 0.3) is 5.56 Å². The van der Waals surface area contributed by atoms with Crippen molar-refractivity contribution in [3.05, 3.63) is 60.7 Å². The Kier molecular flexibility index (Phi) is 4.57. The molecule has 2 aromatic rings. The van der Waals surface area contributed by atoms with E-state index >= 15 is 0 Å². The third kappa shape index (κ3) is 3.01. The van der Waals surface area contributed by atoms with Crippen molar-refractivity contribution in [1.29, 1.82) is 0 Å². The molecule has 1 aliphatic rings. The zero-order chi connectivity index (χ0) is 17.3. The van der Waals surface area contributed by atoms with Gasteiger partial charge in [-0.05, 0) is 24.1 Å². The van der Waals surface area contributed by atoms with Crippen molar-refractivity contribution >= 4 is 27.8 Å². The number of urea groups is 1. The number of anilines is 1. The highest BCUT2D eigenvalue weighted by atomic mass is 79.9. The maximum absolute atomic E-state index is 12.4. The molecule has 1 aromatic carbocycles. The summed E-state index contributed by atoms with van der Waals surface area (Å²) in [5, 5.41) is 5.37. The zero-order valence-electron chi connectivity index (χ0n) is 13.1.